The number of rotatable bonds is 5. The molecule has 3 heterocycles. The minimum atomic E-state index is -4.83. The number of aromatic nitrogens is 3. The van der Waals surface area contributed by atoms with Gasteiger partial charge in [0, 0.05) is 20.2 Å². The molecule has 1 aliphatic rings. The van der Waals surface area contributed by atoms with E-state index < -0.39 is 35.1 Å². The van der Waals surface area contributed by atoms with E-state index in [1.54, 1.807) is 18.8 Å². The molecule has 5 N–H and O–H groups in total. The maximum atomic E-state index is 14.4. The van der Waals surface area contributed by atoms with Gasteiger partial charge in [0.1, 0.15) is 21.9 Å². The SMILES string of the molecule is CO[C@H]1CO[C@H](c2c(NC(=O)c3nc(-c4c(F)cccc4C(F)(F)F)sc3N)cnn2C)CC[C@H]1N. The number of benzene rings is 1. The Morgan fingerprint density at radius 1 is 1.33 bits per heavy atom. The summed E-state index contributed by atoms with van der Waals surface area (Å²) in [6, 6.07) is 2.36. The first-order valence-electron chi connectivity index (χ1n) is 10.9. The van der Waals surface area contributed by atoms with Crippen molar-refractivity contribution in [1.82, 2.24) is 14.8 Å². The second-order valence-electron chi connectivity index (χ2n) is 8.25. The van der Waals surface area contributed by atoms with Gasteiger partial charge < -0.3 is 26.3 Å². The summed E-state index contributed by atoms with van der Waals surface area (Å²) in [6.07, 6.45) is -3.00. The summed E-state index contributed by atoms with van der Waals surface area (Å²) in [4.78, 5) is 17.0. The molecule has 1 aliphatic heterocycles. The van der Waals surface area contributed by atoms with Crippen molar-refractivity contribution in [2.75, 3.05) is 24.8 Å². The molecule has 1 saturated heterocycles. The number of nitrogens with two attached hydrogens (primary N) is 2. The Morgan fingerprint density at radius 3 is 2.78 bits per heavy atom. The molecule has 9 nitrogen and oxygen atoms in total. The smallest absolute Gasteiger partial charge is 0.389 e. The Morgan fingerprint density at radius 2 is 2.08 bits per heavy atom. The van der Waals surface area contributed by atoms with Crippen LogP contribution in [0.15, 0.2) is 24.4 Å². The summed E-state index contributed by atoms with van der Waals surface area (Å²) in [5.74, 6) is -1.91. The van der Waals surface area contributed by atoms with Gasteiger partial charge in [0.15, 0.2) is 5.69 Å². The van der Waals surface area contributed by atoms with Crippen molar-refractivity contribution in [2.24, 2.45) is 12.8 Å². The third-order valence-electron chi connectivity index (χ3n) is 5.94. The summed E-state index contributed by atoms with van der Waals surface area (Å²) < 4.78 is 67.7. The average molecular weight is 529 g/mol. The molecule has 0 saturated carbocycles. The summed E-state index contributed by atoms with van der Waals surface area (Å²) in [5.41, 5.74) is 10.6. The Hall–Kier alpha value is -3.07. The number of amides is 1. The van der Waals surface area contributed by atoms with Crippen molar-refractivity contribution in [3.8, 4) is 10.6 Å². The van der Waals surface area contributed by atoms with Crippen LogP contribution in [0.3, 0.4) is 0 Å². The number of aryl methyl sites for hydroxylation is 1. The lowest BCUT2D eigenvalue weighted by Crippen LogP contribution is -2.37. The maximum absolute atomic E-state index is 14.4. The first-order valence-corrected chi connectivity index (χ1v) is 11.7. The van der Waals surface area contributed by atoms with Crippen molar-refractivity contribution >= 4 is 27.9 Å². The lowest BCUT2D eigenvalue weighted by molar-refractivity contribution is -0.137. The van der Waals surface area contributed by atoms with Gasteiger partial charge in [-0.3, -0.25) is 9.48 Å². The molecule has 0 spiro atoms. The van der Waals surface area contributed by atoms with Crippen LogP contribution in [0.2, 0.25) is 0 Å². The predicted molar refractivity (Wildman–Crippen MR) is 125 cm³/mol. The van der Waals surface area contributed by atoms with Crippen LogP contribution in [-0.4, -0.2) is 46.5 Å². The van der Waals surface area contributed by atoms with E-state index in [0.717, 1.165) is 18.2 Å². The monoisotopic (exact) mass is 528 g/mol. The molecule has 2 aromatic heterocycles. The quantitative estimate of drug-likeness (QED) is 0.430. The summed E-state index contributed by atoms with van der Waals surface area (Å²) in [7, 11) is 3.23. The van der Waals surface area contributed by atoms with E-state index in [1.165, 1.54) is 6.20 Å². The molecular weight excluding hydrogens is 504 g/mol. The number of ether oxygens (including phenoxy) is 2. The number of halogens is 4. The molecule has 4 rings (SSSR count). The van der Waals surface area contributed by atoms with Crippen LogP contribution < -0.4 is 16.8 Å². The highest BCUT2D eigenvalue weighted by molar-refractivity contribution is 7.19. The van der Waals surface area contributed by atoms with Gasteiger partial charge in [-0.2, -0.15) is 18.3 Å². The number of carbonyl (C=O) groups excluding carboxylic acids is 1. The van der Waals surface area contributed by atoms with Crippen LogP contribution >= 0.6 is 11.3 Å². The highest BCUT2D eigenvalue weighted by Gasteiger charge is 2.36. The van der Waals surface area contributed by atoms with E-state index in [-0.39, 0.29) is 34.5 Å². The Labute approximate surface area is 207 Å². The standard InChI is InChI=1S/C22H24F4N6O3S/c1-32-18(14-7-6-12(27)15(34-2)9-35-14)13(8-29-32)30-20(33)17-19(28)36-21(31-17)16-10(22(24,25)26)4-3-5-11(16)23/h3-5,8,12,14-15H,6-7,9,27-28H2,1-2H3,(H,30,33)/t12-,14+,15+/m1/s1. The predicted octanol–water partition coefficient (Wildman–Crippen LogP) is 3.73. The number of anilines is 2. The van der Waals surface area contributed by atoms with Gasteiger partial charge in [0.05, 0.1) is 41.4 Å². The molecule has 1 fully saturated rings. The fourth-order valence-electron chi connectivity index (χ4n) is 4.09. The molecule has 0 radical (unpaired) electrons. The van der Waals surface area contributed by atoms with Crippen LogP contribution in [0, 0.1) is 5.82 Å². The van der Waals surface area contributed by atoms with Crippen molar-refractivity contribution < 1.29 is 31.8 Å². The van der Waals surface area contributed by atoms with Gasteiger partial charge in [-0.05, 0) is 25.0 Å². The maximum Gasteiger partial charge on any atom is 0.417 e. The van der Waals surface area contributed by atoms with Crippen molar-refractivity contribution in [1.29, 1.82) is 0 Å². The molecule has 3 atom stereocenters. The number of methoxy groups -OCH3 is 1. The van der Waals surface area contributed by atoms with Crippen LogP contribution in [0.5, 0.6) is 0 Å². The summed E-state index contributed by atoms with van der Waals surface area (Å²) >= 11 is 0.586. The number of thiazole rings is 1. The van der Waals surface area contributed by atoms with E-state index in [0.29, 0.717) is 35.6 Å². The van der Waals surface area contributed by atoms with E-state index in [4.69, 9.17) is 20.9 Å². The fraction of sp³-hybridized carbons (Fsp3) is 0.409. The Bertz CT molecular complexity index is 1260. The number of nitrogens with zero attached hydrogens (tertiary/aromatic N) is 3. The number of carbonyl (C=O) groups is 1. The number of nitrogen functional groups attached to an aromatic ring is 1. The van der Waals surface area contributed by atoms with Crippen LogP contribution in [0.1, 0.15) is 40.7 Å². The van der Waals surface area contributed by atoms with Crippen molar-refractivity contribution in [3.05, 3.63) is 47.2 Å². The average Bonchev–Trinajstić information content (AvgIpc) is 3.31. The number of hydrogen-bond donors (Lipinski definition) is 3. The third kappa shape index (κ3) is 5.07. The second-order valence-corrected chi connectivity index (χ2v) is 9.28. The fourth-order valence-corrected chi connectivity index (χ4v) is 4.98. The second kappa shape index (κ2) is 10.1. The van der Waals surface area contributed by atoms with Gasteiger partial charge >= 0.3 is 6.18 Å². The Kier molecular flexibility index (Phi) is 7.31. The molecule has 194 valence electrons. The number of nitrogens with one attached hydrogen (secondary N) is 1. The number of alkyl halides is 3. The van der Waals surface area contributed by atoms with Crippen LogP contribution in [0.4, 0.5) is 28.3 Å². The molecule has 0 unspecified atom stereocenters. The molecule has 0 aliphatic carbocycles. The van der Waals surface area contributed by atoms with Gasteiger partial charge in [-0.1, -0.05) is 17.4 Å². The largest absolute Gasteiger partial charge is 0.417 e. The minimum absolute atomic E-state index is 0.163. The van der Waals surface area contributed by atoms with Gasteiger partial charge in [-0.25, -0.2) is 9.37 Å². The lowest BCUT2D eigenvalue weighted by Gasteiger charge is -2.19. The highest BCUT2D eigenvalue weighted by atomic mass is 32.1. The van der Waals surface area contributed by atoms with Gasteiger partial charge in [-0.15, -0.1) is 0 Å². The first-order chi connectivity index (χ1) is 17.0. The summed E-state index contributed by atoms with van der Waals surface area (Å²) in [5, 5.41) is 6.32. The molecule has 14 heteroatoms. The first kappa shape index (κ1) is 26.0. The zero-order valence-electron chi connectivity index (χ0n) is 19.3. The lowest BCUT2D eigenvalue weighted by atomic mass is 10.0. The van der Waals surface area contributed by atoms with Crippen LogP contribution in [-0.2, 0) is 22.7 Å². The van der Waals surface area contributed by atoms with E-state index in [2.05, 4.69) is 15.4 Å². The van der Waals surface area contributed by atoms with Gasteiger partial charge in [0.2, 0.25) is 0 Å². The highest BCUT2D eigenvalue weighted by Crippen LogP contribution is 2.41. The molecular formula is C22H24F4N6O3S. The van der Waals surface area contributed by atoms with E-state index >= 15 is 0 Å². The van der Waals surface area contributed by atoms with E-state index in [1.807, 2.05) is 0 Å². The molecule has 0 bridgehead atoms. The third-order valence-corrected chi connectivity index (χ3v) is 6.85. The Balaban J connectivity index is 1.61. The molecule has 1 amide bonds. The zero-order chi connectivity index (χ0) is 26.2. The molecule has 3 aromatic rings. The van der Waals surface area contributed by atoms with Gasteiger partial charge in [0.25, 0.3) is 5.91 Å². The minimum Gasteiger partial charge on any atom is -0.389 e. The zero-order valence-corrected chi connectivity index (χ0v) is 20.1. The van der Waals surface area contributed by atoms with Crippen molar-refractivity contribution in [3.63, 3.8) is 0 Å². The van der Waals surface area contributed by atoms with Crippen LogP contribution in [0.25, 0.3) is 10.6 Å². The van der Waals surface area contributed by atoms with E-state index in [9.17, 15) is 22.4 Å². The molecule has 1 aromatic carbocycles. The normalized spacial score (nSPS) is 20.8. The van der Waals surface area contributed by atoms with Crippen molar-refractivity contribution in [2.45, 2.75) is 37.3 Å². The molecule has 36 heavy (non-hydrogen) atoms. The number of hydrogen-bond acceptors (Lipinski definition) is 8. The topological polar surface area (TPSA) is 130 Å². The summed E-state index contributed by atoms with van der Waals surface area (Å²) in [6.45, 7) is 0.244.